The number of nitrogens with one attached hydrogen (secondary N) is 1. The predicted molar refractivity (Wildman–Crippen MR) is 82.3 cm³/mol. The van der Waals surface area contributed by atoms with Crippen LogP contribution in [0.2, 0.25) is 0 Å². The maximum Gasteiger partial charge on any atom is 0.416 e. The lowest BCUT2D eigenvalue weighted by molar-refractivity contribution is -0.384. The Labute approximate surface area is 134 Å². The van der Waals surface area contributed by atoms with Crippen LogP contribution in [0.25, 0.3) is 0 Å². The van der Waals surface area contributed by atoms with E-state index < -0.39 is 22.4 Å². The molecule has 0 saturated heterocycles. The minimum atomic E-state index is -4.66. The summed E-state index contributed by atoms with van der Waals surface area (Å²) in [5, 5.41) is 14.8. The Kier molecular flexibility index (Phi) is 5.02. The van der Waals surface area contributed by atoms with E-state index in [9.17, 15) is 23.3 Å². The van der Waals surface area contributed by atoms with E-state index in [-0.39, 0.29) is 5.69 Å². The van der Waals surface area contributed by atoms with Crippen molar-refractivity contribution in [2.75, 3.05) is 12.5 Å². The lowest BCUT2D eigenvalue weighted by atomic mass is 10.1. The number of ether oxygens (including phenoxy) is 1. The molecular formula is C15H12F3N3O3. The fraction of sp³-hybridized carbons (Fsp3) is 0.133. The summed E-state index contributed by atoms with van der Waals surface area (Å²) >= 11 is 0. The van der Waals surface area contributed by atoms with Gasteiger partial charge in [-0.05, 0) is 24.3 Å². The lowest BCUT2D eigenvalue weighted by Crippen LogP contribution is -2.06. The molecule has 9 heteroatoms. The van der Waals surface area contributed by atoms with Gasteiger partial charge in [0, 0.05) is 11.6 Å². The van der Waals surface area contributed by atoms with Crippen LogP contribution in [0.3, 0.4) is 0 Å². The summed E-state index contributed by atoms with van der Waals surface area (Å²) in [6, 6.07) is 9.05. The third kappa shape index (κ3) is 4.00. The zero-order valence-corrected chi connectivity index (χ0v) is 12.4. The number of methoxy groups -OCH3 is 1. The van der Waals surface area contributed by atoms with E-state index in [4.69, 9.17) is 4.74 Å². The van der Waals surface area contributed by atoms with E-state index in [1.54, 1.807) is 24.3 Å². The first-order chi connectivity index (χ1) is 11.3. The Hall–Kier alpha value is -3.10. The second-order valence-corrected chi connectivity index (χ2v) is 4.60. The second-order valence-electron chi connectivity index (χ2n) is 4.60. The first-order valence-electron chi connectivity index (χ1n) is 6.60. The molecule has 126 valence electrons. The maximum atomic E-state index is 12.6. The Bertz CT molecular complexity index is 776. The molecule has 2 aromatic rings. The van der Waals surface area contributed by atoms with Gasteiger partial charge in [0.15, 0.2) is 0 Å². The van der Waals surface area contributed by atoms with Crippen molar-refractivity contribution in [3.63, 3.8) is 0 Å². The van der Waals surface area contributed by atoms with Crippen LogP contribution in [-0.2, 0) is 6.18 Å². The van der Waals surface area contributed by atoms with Crippen LogP contribution in [0, 0.1) is 10.1 Å². The molecule has 6 nitrogen and oxygen atoms in total. The average molecular weight is 339 g/mol. The van der Waals surface area contributed by atoms with Crippen molar-refractivity contribution in [2.24, 2.45) is 5.10 Å². The lowest BCUT2D eigenvalue weighted by Gasteiger charge is -2.08. The summed E-state index contributed by atoms with van der Waals surface area (Å²) in [4.78, 5) is 10.1. The van der Waals surface area contributed by atoms with Crippen molar-refractivity contribution < 1.29 is 22.8 Å². The number of rotatable bonds is 5. The standard InChI is InChI=1S/C15H12F3N3O3/c1-24-14-5-3-2-4-10(14)9-19-20-12-7-6-11(15(16,17)18)8-13(12)21(22)23/h2-9,20H,1H3/b19-9-. The van der Waals surface area contributed by atoms with Crippen LogP contribution in [0.1, 0.15) is 11.1 Å². The number of para-hydroxylation sites is 1. The number of nitro benzene ring substituents is 1. The SMILES string of the molecule is COc1ccccc1/C=N\Nc1ccc(C(F)(F)F)cc1[N+](=O)[O-]. The van der Waals surface area contributed by atoms with Crippen LogP contribution >= 0.6 is 0 Å². The van der Waals surface area contributed by atoms with Crippen molar-refractivity contribution >= 4 is 17.6 Å². The minimum absolute atomic E-state index is 0.154. The average Bonchev–Trinajstić information content (AvgIpc) is 2.54. The van der Waals surface area contributed by atoms with Gasteiger partial charge < -0.3 is 4.74 Å². The summed E-state index contributed by atoms with van der Waals surface area (Å²) < 4.78 is 43.0. The van der Waals surface area contributed by atoms with E-state index in [0.29, 0.717) is 17.4 Å². The Morgan fingerprint density at radius 2 is 1.96 bits per heavy atom. The molecule has 0 unspecified atom stereocenters. The molecule has 0 atom stereocenters. The number of benzene rings is 2. The molecule has 1 N–H and O–H groups in total. The van der Waals surface area contributed by atoms with Gasteiger partial charge in [-0.3, -0.25) is 15.5 Å². The normalized spacial score (nSPS) is 11.5. The third-order valence-corrected chi connectivity index (χ3v) is 3.05. The highest BCUT2D eigenvalue weighted by Crippen LogP contribution is 2.34. The molecule has 0 aromatic heterocycles. The van der Waals surface area contributed by atoms with E-state index in [1.165, 1.54) is 13.3 Å². The highest BCUT2D eigenvalue weighted by atomic mass is 19.4. The number of alkyl halides is 3. The summed E-state index contributed by atoms with van der Waals surface area (Å²) in [7, 11) is 1.47. The highest BCUT2D eigenvalue weighted by Gasteiger charge is 2.33. The smallest absolute Gasteiger partial charge is 0.416 e. The van der Waals surface area contributed by atoms with Gasteiger partial charge in [-0.25, -0.2) is 0 Å². The van der Waals surface area contributed by atoms with E-state index in [1.807, 2.05) is 0 Å². The van der Waals surface area contributed by atoms with Crippen molar-refractivity contribution in [3.05, 3.63) is 63.7 Å². The van der Waals surface area contributed by atoms with Gasteiger partial charge in [0.2, 0.25) is 0 Å². The highest BCUT2D eigenvalue weighted by molar-refractivity contribution is 5.84. The van der Waals surface area contributed by atoms with Crippen LogP contribution in [-0.4, -0.2) is 18.2 Å². The van der Waals surface area contributed by atoms with Gasteiger partial charge in [-0.2, -0.15) is 18.3 Å². The van der Waals surface area contributed by atoms with Gasteiger partial charge in [0.1, 0.15) is 11.4 Å². The monoisotopic (exact) mass is 339 g/mol. The Morgan fingerprint density at radius 3 is 2.58 bits per heavy atom. The molecule has 0 fully saturated rings. The number of hydrogen-bond acceptors (Lipinski definition) is 5. The summed E-state index contributed by atoms with van der Waals surface area (Å²) in [6.07, 6.45) is -3.32. The molecule has 0 aliphatic rings. The molecule has 0 aliphatic carbocycles. The van der Waals surface area contributed by atoms with Gasteiger partial charge in [0.05, 0.1) is 23.8 Å². The number of anilines is 1. The van der Waals surface area contributed by atoms with Gasteiger partial charge >= 0.3 is 6.18 Å². The van der Waals surface area contributed by atoms with Gasteiger partial charge in [0.25, 0.3) is 5.69 Å². The topological polar surface area (TPSA) is 76.8 Å². The van der Waals surface area contributed by atoms with Crippen LogP contribution in [0.15, 0.2) is 47.6 Å². The third-order valence-electron chi connectivity index (χ3n) is 3.05. The number of hydrazone groups is 1. The van der Waals surface area contributed by atoms with Crippen LogP contribution in [0.4, 0.5) is 24.5 Å². The number of nitro groups is 1. The molecule has 2 rings (SSSR count). The van der Waals surface area contributed by atoms with E-state index in [0.717, 1.165) is 12.1 Å². The zero-order chi connectivity index (χ0) is 17.7. The number of nitrogens with zero attached hydrogens (tertiary/aromatic N) is 2. The molecule has 0 radical (unpaired) electrons. The largest absolute Gasteiger partial charge is 0.496 e. The number of halogens is 3. The van der Waals surface area contributed by atoms with E-state index >= 15 is 0 Å². The van der Waals surface area contributed by atoms with Crippen molar-refractivity contribution in [1.82, 2.24) is 0 Å². The van der Waals surface area contributed by atoms with Crippen molar-refractivity contribution in [2.45, 2.75) is 6.18 Å². The van der Waals surface area contributed by atoms with Crippen LogP contribution in [0.5, 0.6) is 5.75 Å². The zero-order valence-electron chi connectivity index (χ0n) is 12.4. The quantitative estimate of drug-likeness (QED) is 0.506. The van der Waals surface area contributed by atoms with Crippen LogP contribution < -0.4 is 10.2 Å². The Balaban J connectivity index is 2.26. The van der Waals surface area contributed by atoms with Gasteiger partial charge in [-0.15, -0.1) is 0 Å². The maximum absolute atomic E-state index is 12.6. The van der Waals surface area contributed by atoms with Crippen molar-refractivity contribution in [1.29, 1.82) is 0 Å². The molecule has 0 spiro atoms. The first kappa shape index (κ1) is 17.3. The molecule has 2 aromatic carbocycles. The molecule has 0 heterocycles. The first-order valence-corrected chi connectivity index (χ1v) is 6.60. The van der Waals surface area contributed by atoms with Gasteiger partial charge in [-0.1, -0.05) is 12.1 Å². The summed E-state index contributed by atoms with van der Waals surface area (Å²) in [6.45, 7) is 0. The molecule has 0 aliphatic heterocycles. The van der Waals surface area contributed by atoms with E-state index in [2.05, 4.69) is 10.5 Å². The fourth-order valence-electron chi connectivity index (χ4n) is 1.90. The van der Waals surface area contributed by atoms with Crippen molar-refractivity contribution in [3.8, 4) is 5.75 Å². The number of hydrogen-bond donors (Lipinski definition) is 1. The molecule has 0 amide bonds. The minimum Gasteiger partial charge on any atom is -0.496 e. The summed E-state index contributed by atoms with van der Waals surface area (Å²) in [5.74, 6) is 0.532. The molecule has 24 heavy (non-hydrogen) atoms. The summed E-state index contributed by atoms with van der Waals surface area (Å²) in [5.41, 5.74) is 1.000. The fourth-order valence-corrected chi connectivity index (χ4v) is 1.90. The second kappa shape index (κ2) is 6.99. The molecule has 0 saturated carbocycles. The Morgan fingerprint density at radius 1 is 1.25 bits per heavy atom. The molecular weight excluding hydrogens is 327 g/mol. The predicted octanol–water partition coefficient (Wildman–Crippen LogP) is 4.07. The molecule has 0 bridgehead atoms.